The van der Waals surface area contributed by atoms with E-state index in [-0.39, 0.29) is 18.8 Å². The molecule has 10 heteroatoms. The molecule has 2 aromatic rings. The predicted octanol–water partition coefficient (Wildman–Crippen LogP) is 5.44. The first kappa shape index (κ1) is 34.3. The lowest BCUT2D eigenvalue weighted by Crippen LogP contribution is -2.50. The number of hydrogen-bond donors (Lipinski definition) is 1. The van der Waals surface area contributed by atoms with Crippen molar-refractivity contribution in [2.75, 3.05) is 68.8 Å². The summed E-state index contributed by atoms with van der Waals surface area (Å²) in [7, 11) is 0. The van der Waals surface area contributed by atoms with Gasteiger partial charge in [0.1, 0.15) is 17.8 Å². The number of carbonyl (C=O) groups is 2. The third kappa shape index (κ3) is 11.8. The van der Waals surface area contributed by atoms with Gasteiger partial charge >= 0.3 is 12.2 Å². The van der Waals surface area contributed by atoms with E-state index in [1.54, 1.807) is 9.80 Å². The van der Waals surface area contributed by atoms with Crippen LogP contribution in [0, 0.1) is 15.4 Å². The molecule has 43 heavy (non-hydrogen) atoms. The molecule has 2 aliphatic rings. The van der Waals surface area contributed by atoms with Gasteiger partial charge in [-0.15, -0.1) is 0 Å². The van der Waals surface area contributed by atoms with E-state index in [0.29, 0.717) is 26.2 Å². The third-order valence-electron chi connectivity index (χ3n) is 6.60. The summed E-state index contributed by atoms with van der Waals surface area (Å²) >= 11 is 2.30. The second kappa shape index (κ2) is 15.5. The van der Waals surface area contributed by atoms with Crippen LogP contribution in [0.3, 0.4) is 0 Å². The second-order valence-electron chi connectivity index (χ2n) is 12.4. The predicted molar refractivity (Wildman–Crippen MR) is 180 cm³/mol. The van der Waals surface area contributed by atoms with Crippen LogP contribution < -0.4 is 9.80 Å². The summed E-state index contributed by atoms with van der Waals surface area (Å²) in [6.07, 6.45) is -0.452. The van der Waals surface area contributed by atoms with Crippen LogP contribution in [0.25, 0.3) is 0 Å². The molecule has 2 aromatic carbocycles. The molecule has 0 saturated carbocycles. The van der Waals surface area contributed by atoms with Crippen molar-refractivity contribution in [3.8, 4) is 11.8 Å². The van der Waals surface area contributed by atoms with Crippen LogP contribution in [0.1, 0.15) is 47.1 Å². The third-order valence-corrected chi connectivity index (χ3v) is 7.32. The van der Waals surface area contributed by atoms with Gasteiger partial charge in [-0.1, -0.05) is 11.8 Å². The number of hydrogen-bond acceptors (Lipinski definition) is 7. The minimum Gasteiger partial charge on any atom is -0.444 e. The summed E-state index contributed by atoms with van der Waals surface area (Å²) in [5, 5.41) is 8.70. The molecule has 2 heterocycles. The zero-order valence-corrected chi connectivity index (χ0v) is 28.4. The molecule has 0 unspecified atom stereocenters. The van der Waals surface area contributed by atoms with Crippen LogP contribution in [0.2, 0.25) is 0 Å². The maximum absolute atomic E-state index is 12.1. The quantitative estimate of drug-likeness (QED) is 0.330. The van der Waals surface area contributed by atoms with Crippen molar-refractivity contribution in [1.29, 1.82) is 0 Å². The standard InChI is InChI=1S/C18H24N2O3.C15H21IN2O2/c1-18(2,3)23-17(22)20-12-10-19(11-13-20)16-8-6-15(7-9-16)5-4-14-21;1-15(2,3)20-14(19)18-10-8-17(9-11-18)13-6-4-12(16)5-7-13/h6-9,21H,10-14H2,1-3H3;4-7H,8-11H2,1-3H3. The van der Waals surface area contributed by atoms with Gasteiger partial charge in [-0.2, -0.15) is 0 Å². The van der Waals surface area contributed by atoms with Crippen molar-refractivity contribution in [3.63, 3.8) is 0 Å². The largest absolute Gasteiger partial charge is 0.444 e. The van der Waals surface area contributed by atoms with Gasteiger partial charge in [-0.05, 0) is 113 Å². The van der Waals surface area contributed by atoms with E-state index in [1.165, 1.54) is 9.26 Å². The molecule has 2 amide bonds. The van der Waals surface area contributed by atoms with Gasteiger partial charge in [0.15, 0.2) is 0 Å². The highest BCUT2D eigenvalue weighted by atomic mass is 127. The Labute approximate surface area is 270 Å². The number of anilines is 2. The molecule has 0 aliphatic carbocycles. The minimum atomic E-state index is -0.459. The number of ether oxygens (including phenoxy) is 2. The van der Waals surface area contributed by atoms with Gasteiger partial charge in [0, 0.05) is 72.9 Å². The fourth-order valence-electron chi connectivity index (χ4n) is 4.50. The summed E-state index contributed by atoms with van der Waals surface area (Å²) in [6, 6.07) is 16.4. The molecule has 234 valence electrons. The molecule has 9 nitrogen and oxygen atoms in total. The Morgan fingerprint density at radius 1 is 0.698 bits per heavy atom. The number of rotatable bonds is 2. The number of halogens is 1. The highest BCUT2D eigenvalue weighted by Gasteiger charge is 2.27. The smallest absolute Gasteiger partial charge is 0.410 e. The van der Waals surface area contributed by atoms with E-state index in [4.69, 9.17) is 14.6 Å². The summed E-state index contributed by atoms with van der Waals surface area (Å²) < 4.78 is 12.0. The molecular formula is C33H45IN4O5. The molecule has 4 rings (SSSR count). The van der Waals surface area contributed by atoms with E-state index in [1.807, 2.05) is 65.8 Å². The van der Waals surface area contributed by atoms with Crippen molar-refractivity contribution in [2.45, 2.75) is 52.7 Å². The number of aliphatic hydroxyl groups is 1. The maximum Gasteiger partial charge on any atom is 0.410 e. The molecule has 0 atom stereocenters. The van der Waals surface area contributed by atoms with Crippen LogP contribution in [-0.4, -0.2) is 97.3 Å². The van der Waals surface area contributed by atoms with Crippen molar-refractivity contribution < 1.29 is 24.2 Å². The van der Waals surface area contributed by atoms with Crippen LogP contribution in [0.5, 0.6) is 0 Å². The highest BCUT2D eigenvalue weighted by Crippen LogP contribution is 2.20. The van der Waals surface area contributed by atoms with E-state index >= 15 is 0 Å². The average Bonchev–Trinajstić information content (AvgIpc) is 2.95. The number of benzene rings is 2. The monoisotopic (exact) mass is 704 g/mol. The lowest BCUT2D eigenvalue weighted by atomic mass is 10.2. The van der Waals surface area contributed by atoms with Crippen molar-refractivity contribution in [1.82, 2.24) is 9.80 Å². The summed E-state index contributed by atoms with van der Waals surface area (Å²) in [4.78, 5) is 32.1. The van der Waals surface area contributed by atoms with Crippen LogP contribution in [-0.2, 0) is 9.47 Å². The number of piperazine rings is 2. The molecular weight excluding hydrogens is 659 g/mol. The fraction of sp³-hybridized carbons (Fsp3) is 0.515. The Kier molecular flexibility index (Phi) is 12.4. The molecule has 1 N–H and O–H groups in total. The lowest BCUT2D eigenvalue weighted by molar-refractivity contribution is 0.0230. The van der Waals surface area contributed by atoms with Gasteiger partial charge in [-0.25, -0.2) is 9.59 Å². The first-order chi connectivity index (χ1) is 20.2. The second-order valence-corrected chi connectivity index (χ2v) is 13.6. The molecule has 2 saturated heterocycles. The first-order valence-electron chi connectivity index (χ1n) is 14.7. The number of nitrogens with zero attached hydrogens (tertiary/aromatic N) is 4. The zero-order chi connectivity index (χ0) is 31.6. The molecule has 2 fully saturated rings. The number of amides is 2. The Balaban J connectivity index is 0.000000238. The molecule has 0 bridgehead atoms. The molecule has 0 radical (unpaired) electrons. The van der Waals surface area contributed by atoms with Gasteiger partial charge < -0.3 is 34.2 Å². The number of aliphatic hydroxyl groups excluding tert-OH is 1. The fourth-order valence-corrected chi connectivity index (χ4v) is 4.86. The number of carbonyl (C=O) groups excluding carboxylic acids is 2. The van der Waals surface area contributed by atoms with E-state index < -0.39 is 11.2 Å². The SMILES string of the molecule is CC(C)(C)OC(=O)N1CCN(c2ccc(C#CCO)cc2)CC1.CC(C)(C)OC(=O)N1CCN(c2ccc(I)cc2)CC1. The lowest BCUT2D eigenvalue weighted by Gasteiger charge is -2.36. The summed E-state index contributed by atoms with van der Waals surface area (Å²) in [6.45, 7) is 17.2. The van der Waals surface area contributed by atoms with Gasteiger partial charge in [-0.3, -0.25) is 0 Å². The maximum atomic E-state index is 12.1. The van der Waals surface area contributed by atoms with E-state index in [0.717, 1.165) is 37.4 Å². The van der Waals surface area contributed by atoms with Crippen molar-refractivity contribution >= 4 is 46.2 Å². The van der Waals surface area contributed by atoms with Crippen LogP contribution in [0.15, 0.2) is 48.5 Å². The van der Waals surface area contributed by atoms with E-state index in [9.17, 15) is 9.59 Å². The molecule has 0 aromatic heterocycles. The Hall–Kier alpha value is -3.17. The van der Waals surface area contributed by atoms with Crippen LogP contribution in [0.4, 0.5) is 21.0 Å². The minimum absolute atomic E-state index is 0.131. The normalized spacial score (nSPS) is 15.5. The van der Waals surface area contributed by atoms with Crippen molar-refractivity contribution in [3.05, 3.63) is 57.7 Å². The summed E-state index contributed by atoms with van der Waals surface area (Å²) in [5.74, 6) is 5.51. The van der Waals surface area contributed by atoms with Gasteiger partial charge in [0.25, 0.3) is 0 Å². The van der Waals surface area contributed by atoms with E-state index in [2.05, 4.69) is 68.5 Å². The van der Waals surface area contributed by atoms with Crippen LogP contribution >= 0.6 is 22.6 Å². The average molecular weight is 705 g/mol. The Morgan fingerprint density at radius 2 is 1.07 bits per heavy atom. The van der Waals surface area contributed by atoms with Gasteiger partial charge in [0.2, 0.25) is 0 Å². The van der Waals surface area contributed by atoms with Crippen molar-refractivity contribution in [2.24, 2.45) is 0 Å². The Bertz CT molecular complexity index is 1240. The highest BCUT2D eigenvalue weighted by molar-refractivity contribution is 14.1. The Morgan fingerprint density at radius 3 is 1.42 bits per heavy atom. The first-order valence-corrected chi connectivity index (χ1v) is 15.7. The summed E-state index contributed by atoms with van der Waals surface area (Å²) in [5.41, 5.74) is 2.33. The van der Waals surface area contributed by atoms with Gasteiger partial charge in [0.05, 0.1) is 0 Å². The molecule has 0 spiro atoms. The topological polar surface area (TPSA) is 85.8 Å². The molecule has 2 aliphatic heterocycles. The zero-order valence-electron chi connectivity index (χ0n) is 26.2.